The van der Waals surface area contributed by atoms with E-state index in [0.29, 0.717) is 25.0 Å². The molecular formula is C15H32N2O2S. The minimum absolute atomic E-state index is 0.518. The maximum atomic E-state index is 11.7. The van der Waals surface area contributed by atoms with E-state index in [1.54, 1.807) is 4.31 Å². The first-order valence-corrected chi connectivity index (χ1v) is 10.0. The van der Waals surface area contributed by atoms with Crippen LogP contribution in [-0.4, -0.2) is 44.7 Å². The van der Waals surface area contributed by atoms with Gasteiger partial charge in [-0.1, -0.05) is 33.1 Å². The van der Waals surface area contributed by atoms with E-state index >= 15 is 0 Å². The number of nitrogens with one attached hydrogen (secondary N) is 1. The highest BCUT2D eigenvalue weighted by Crippen LogP contribution is 2.24. The van der Waals surface area contributed by atoms with E-state index in [-0.39, 0.29) is 0 Å². The highest BCUT2D eigenvalue weighted by molar-refractivity contribution is 7.88. The van der Waals surface area contributed by atoms with Crippen LogP contribution in [0, 0.1) is 5.92 Å². The number of unbranched alkanes of at least 4 members (excludes halogenated alkanes) is 2. The minimum atomic E-state index is -3.01. The van der Waals surface area contributed by atoms with Crippen LogP contribution in [0.25, 0.3) is 0 Å². The number of hydrogen-bond acceptors (Lipinski definition) is 3. The molecule has 1 aliphatic heterocycles. The molecule has 0 bridgehead atoms. The van der Waals surface area contributed by atoms with Gasteiger partial charge in [-0.2, -0.15) is 0 Å². The van der Waals surface area contributed by atoms with Crippen LogP contribution < -0.4 is 5.32 Å². The Hall–Kier alpha value is -0.130. The van der Waals surface area contributed by atoms with Gasteiger partial charge in [0.2, 0.25) is 10.0 Å². The molecule has 5 heteroatoms. The first-order chi connectivity index (χ1) is 9.47. The van der Waals surface area contributed by atoms with Gasteiger partial charge in [0.1, 0.15) is 0 Å². The third-order valence-electron chi connectivity index (χ3n) is 4.22. The second-order valence-electron chi connectivity index (χ2n) is 6.12. The van der Waals surface area contributed by atoms with Crippen molar-refractivity contribution in [1.82, 2.24) is 9.62 Å². The van der Waals surface area contributed by atoms with Crippen molar-refractivity contribution in [2.24, 2.45) is 5.92 Å². The van der Waals surface area contributed by atoms with E-state index in [1.165, 1.54) is 38.4 Å². The number of sulfonamides is 1. The van der Waals surface area contributed by atoms with Gasteiger partial charge in [0, 0.05) is 19.1 Å². The van der Waals surface area contributed by atoms with Crippen LogP contribution >= 0.6 is 0 Å². The summed E-state index contributed by atoms with van der Waals surface area (Å²) in [6, 6.07) is 0.552. The van der Waals surface area contributed by atoms with Crippen LogP contribution in [0.2, 0.25) is 0 Å². The van der Waals surface area contributed by atoms with Crippen LogP contribution in [0.4, 0.5) is 0 Å². The van der Waals surface area contributed by atoms with Crippen LogP contribution in [-0.2, 0) is 10.0 Å². The summed E-state index contributed by atoms with van der Waals surface area (Å²) in [6.07, 6.45) is 9.66. The van der Waals surface area contributed by atoms with Gasteiger partial charge in [-0.05, 0) is 38.1 Å². The topological polar surface area (TPSA) is 49.4 Å². The molecule has 1 rings (SSSR count). The zero-order chi connectivity index (χ0) is 15.0. The molecule has 1 N–H and O–H groups in total. The van der Waals surface area contributed by atoms with Gasteiger partial charge in [0.25, 0.3) is 0 Å². The van der Waals surface area contributed by atoms with E-state index < -0.39 is 10.0 Å². The summed E-state index contributed by atoms with van der Waals surface area (Å²) in [5, 5.41) is 3.57. The fourth-order valence-electron chi connectivity index (χ4n) is 3.16. The Morgan fingerprint density at radius 1 is 1.30 bits per heavy atom. The van der Waals surface area contributed by atoms with Gasteiger partial charge in [0.05, 0.1) is 6.26 Å². The summed E-state index contributed by atoms with van der Waals surface area (Å²) in [5.41, 5.74) is 0. The van der Waals surface area contributed by atoms with Crippen molar-refractivity contribution >= 4 is 10.0 Å². The molecule has 120 valence electrons. The van der Waals surface area contributed by atoms with Crippen molar-refractivity contribution in [3.63, 3.8) is 0 Å². The fraction of sp³-hybridized carbons (Fsp3) is 1.00. The van der Waals surface area contributed by atoms with Gasteiger partial charge in [0.15, 0.2) is 0 Å². The Kier molecular flexibility index (Phi) is 8.07. The van der Waals surface area contributed by atoms with Crippen molar-refractivity contribution < 1.29 is 8.42 Å². The first-order valence-electron chi connectivity index (χ1n) is 8.15. The molecule has 0 amide bonds. The number of nitrogens with zero attached hydrogens (tertiary/aromatic N) is 1. The van der Waals surface area contributed by atoms with E-state index in [9.17, 15) is 8.42 Å². The van der Waals surface area contributed by atoms with Gasteiger partial charge in [-0.15, -0.1) is 0 Å². The summed E-state index contributed by atoms with van der Waals surface area (Å²) >= 11 is 0. The average molecular weight is 305 g/mol. The van der Waals surface area contributed by atoms with Gasteiger partial charge in [-0.25, -0.2) is 12.7 Å². The molecule has 2 atom stereocenters. The van der Waals surface area contributed by atoms with Gasteiger partial charge >= 0.3 is 0 Å². The molecule has 1 aliphatic rings. The maximum Gasteiger partial charge on any atom is 0.211 e. The zero-order valence-corrected chi connectivity index (χ0v) is 14.2. The van der Waals surface area contributed by atoms with Gasteiger partial charge in [-0.3, -0.25) is 0 Å². The summed E-state index contributed by atoms with van der Waals surface area (Å²) in [4.78, 5) is 0. The molecular weight excluding hydrogens is 272 g/mol. The Labute approximate surface area is 125 Å². The third-order valence-corrected chi connectivity index (χ3v) is 5.49. The molecule has 0 aliphatic carbocycles. The summed E-state index contributed by atoms with van der Waals surface area (Å²) in [5.74, 6) is 0.518. The molecule has 0 aromatic carbocycles. The number of rotatable bonds is 9. The molecule has 0 saturated carbocycles. The van der Waals surface area contributed by atoms with E-state index in [4.69, 9.17) is 0 Å². The highest BCUT2D eigenvalue weighted by Gasteiger charge is 2.27. The normalized spacial score (nSPS) is 22.9. The largest absolute Gasteiger partial charge is 0.314 e. The molecule has 1 heterocycles. The van der Waals surface area contributed by atoms with Crippen LogP contribution in [0.3, 0.4) is 0 Å². The lowest BCUT2D eigenvalue weighted by Gasteiger charge is -2.33. The lowest BCUT2D eigenvalue weighted by atomic mass is 9.90. The Morgan fingerprint density at radius 3 is 2.65 bits per heavy atom. The molecule has 0 aromatic heterocycles. The standard InChI is InChI=1S/C15H32N2O2S/c1-4-6-7-10-15(16-5-2)12-14-9-8-11-17(13-14)20(3,18)19/h14-16H,4-13H2,1-3H3. The van der Waals surface area contributed by atoms with Crippen molar-refractivity contribution in [3.05, 3.63) is 0 Å². The maximum absolute atomic E-state index is 11.7. The molecule has 1 saturated heterocycles. The van der Waals surface area contributed by atoms with Gasteiger partial charge < -0.3 is 5.32 Å². The summed E-state index contributed by atoms with van der Waals surface area (Å²) in [7, 11) is -3.01. The quantitative estimate of drug-likeness (QED) is 0.666. The van der Waals surface area contributed by atoms with E-state index in [0.717, 1.165) is 19.4 Å². The number of piperidine rings is 1. The fourth-order valence-corrected chi connectivity index (χ4v) is 4.10. The Morgan fingerprint density at radius 2 is 2.05 bits per heavy atom. The predicted octanol–water partition coefficient (Wildman–Crippen LogP) is 2.61. The summed E-state index contributed by atoms with van der Waals surface area (Å²) in [6.45, 7) is 6.80. The monoisotopic (exact) mass is 304 g/mol. The third kappa shape index (κ3) is 6.55. The second-order valence-corrected chi connectivity index (χ2v) is 8.10. The van der Waals surface area contributed by atoms with Crippen LogP contribution in [0.15, 0.2) is 0 Å². The average Bonchev–Trinajstić information content (AvgIpc) is 2.38. The van der Waals surface area contributed by atoms with Crippen molar-refractivity contribution in [2.75, 3.05) is 25.9 Å². The molecule has 0 radical (unpaired) electrons. The molecule has 2 unspecified atom stereocenters. The zero-order valence-electron chi connectivity index (χ0n) is 13.4. The highest BCUT2D eigenvalue weighted by atomic mass is 32.2. The van der Waals surface area contributed by atoms with E-state index in [1.807, 2.05) is 0 Å². The van der Waals surface area contributed by atoms with Crippen LogP contribution in [0.1, 0.15) is 58.8 Å². The molecule has 1 fully saturated rings. The first kappa shape index (κ1) is 17.9. The Balaban J connectivity index is 2.46. The SMILES string of the molecule is CCCCCC(CC1CCCN(S(C)(=O)=O)C1)NCC. The Bertz CT molecular complexity index is 357. The second kappa shape index (κ2) is 9.00. The van der Waals surface area contributed by atoms with Crippen molar-refractivity contribution in [1.29, 1.82) is 0 Å². The van der Waals surface area contributed by atoms with Crippen molar-refractivity contribution in [2.45, 2.75) is 64.8 Å². The lowest BCUT2D eigenvalue weighted by molar-refractivity contribution is 0.234. The lowest BCUT2D eigenvalue weighted by Crippen LogP contribution is -2.41. The molecule has 4 nitrogen and oxygen atoms in total. The summed E-state index contributed by atoms with van der Waals surface area (Å²) < 4.78 is 25.0. The van der Waals surface area contributed by atoms with Crippen molar-refractivity contribution in [3.8, 4) is 0 Å². The molecule has 0 spiro atoms. The molecule has 20 heavy (non-hydrogen) atoms. The van der Waals surface area contributed by atoms with E-state index in [2.05, 4.69) is 19.2 Å². The molecule has 0 aromatic rings. The smallest absolute Gasteiger partial charge is 0.211 e. The predicted molar refractivity (Wildman–Crippen MR) is 85.4 cm³/mol. The van der Waals surface area contributed by atoms with Crippen LogP contribution in [0.5, 0.6) is 0 Å². The minimum Gasteiger partial charge on any atom is -0.314 e. The number of hydrogen-bond donors (Lipinski definition) is 1.